The molecule has 0 radical (unpaired) electrons. The van der Waals surface area contributed by atoms with Gasteiger partial charge in [-0.05, 0) is 0 Å². The van der Waals surface area contributed by atoms with E-state index in [0.717, 1.165) is 0 Å². The molecule has 2 fully saturated rings. The van der Waals surface area contributed by atoms with Crippen LogP contribution in [0.4, 0.5) is 0 Å². The van der Waals surface area contributed by atoms with Crippen molar-refractivity contribution in [2.45, 2.75) is 106 Å². The molecule has 0 amide bonds. The third-order valence-electron chi connectivity index (χ3n) is 19.8. The Morgan fingerprint density at radius 3 is 0.925 bits per heavy atom. The number of rotatable bonds is 10. The second-order valence-corrected chi connectivity index (χ2v) is 55.9. The molecule has 0 saturated heterocycles. The van der Waals surface area contributed by atoms with Crippen LogP contribution in [0.15, 0.2) is 205 Å². The van der Waals surface area contributed by atoms with Crippen LogP contribution in [0.2, 0.25) is 9.26 Å². The molecular formula is C76H76Cl2SiZr. The average molecular weight is 1180 g/mol. The van der Waals surface area contributed by atoms with Gasteiger partial charge in [0.2, 0.25) is 0 Å². The van der Waals surface area contributed by atoms with Crippen LogP contribution in [-0.2, 0) is 17.4 Å². The molecule has 4 aliphatic carbocycles. The third kappa shape index (κ3) is 9.77. The molecule has 402 valence electrons. The summed E-state index contributed by atoms with van der Waals surface area (Å²) in [6.07, 6.45) is 24.4. The van der Waals surface area contributed by atoms with E-state index in [4.69, 9.17) is 0 Å². The molecular weight excluding hydrogens is 1100 g/mol. The van der Waals surface area contributed by atoms with E-state index in [-0.39, 0.29) is 24.8 Å². The van der Waals surface area contributed by atoms with Gasteiger partial charge >= 0.3 is 470 Å². The first-order valence-electron chi connectivity index (χ1n) is 30.0. The topological polar surface area (TPSA) is 0 Å². The van der Waals surface area contributed by atoms with Gasteiger partial charge in [-0.25, -0.2) is 0 Å². The fourth-order valence-electron chi connectivity index (χ4n) is 16.4. The summed E-state index contributed by atoms with van der Waals surface area (Å²) in [4.78, 5) is 0. The fraction of sp³-hybridized carbons (Fsp3) is 0.263. The summed E-state index contributed by atoms with van der Waals surface area (Å²) >= 11 is -4.56. The van der Waals surface area contributed by atoms with Crippen molar-refractivity contribution >= 4 is 86.9 Å². The van der Waals surface area contributed by atoms with Gasteiger partial charge in [0.05, 0.1) is 0 Å². The van der Waals surface area contributed by atoms with Crippen LogP contribution >= 0.6 is 24.8 Å². The molecule has 4 heteroatoms. The van der Waals surface area contributed by atoms with Crippen molar-refractivity contribution in [1.82, 2.24) is 0 Å². The number of fused-ring (bicyclic) bond motifs is 6. The van der Waals surface area contributed by atoms with E-state index < -0.39 is 17.4 Å². The Hall–Kier alpha value is -5.60. The summed E-state index contributed by atoms with van der Waals surface area (Å²) < 4.78 is 6.63. The van der Waals surface area contributed by atoms with E-state index in [9.17, 15) is 0 Å². The summed E-state index contributed by atoms with van der Waals surface area (Å²) in [7, 11) is 0. The standard InChI is InChI=1S/2C37H33.2CH3.2ClH.H2Si.Zr/c2*1-2-4-12-26(11-3-1)23-27-24-36-34(32-19-9-15-28-13-5-7-17-30(28)32)21-22-35(37(36)25-27)33-20-10-16-29-14-6-8-18-31(29)33;;;;;;/h2*5-10,13-22,24-26H,1-4,11-12,23H2;2*1H3;2*1H;1H2;. The van der Waals surface area contributed by atoms with Gasteiger partial charge < -0.3 is 0 Å². The zero-order valence-corrected chi connectivity index (χ0v) is 52.4. The first-order valence-corrected chi connectivity index (χ1v) is 43.7. The van der Waals surface area contributed by atoms with Crippen LogP contribution in [0.1, 0.15) is 119 Å². The van der Waals surface area contributed by atoms with Gasteiger partial charge in [-0.15, -0.1) is 24.8 Å². The minimum absolute atomic E-state index is 0. The van der Waals surface area contributed by atoms with Crippen LogP contribution in [0.5, 0.6) is 0 Å². The van der Waals surface area contributed by atoms with E-state index in [2.05, 4.69) is 222 Å². The number of hydrogen-bond donors (Lipinski definition) is 0. The van der Waals surface area contributed by atoms with Crippen molar-refractivity contribution in [2.24, 2.45) is 11.8 Å². The Labute approximate surface area is 490 Å². The fourth-order valence-corrected chi connectivity index (χ4v) is 35.9. The molecule has 0 spiro atoms. The van der Waals surface area contributed by atoms with Crippen molar-refractivity contribution in [3.8, 4) is 44.5 Å². The Morgan fingerprint density at radius 2 is 0.600 bits per heavy atom. The molecule has 0 aromatic heterocycles. The average Bonchev–Trinajstić information content (AvgIpc) is 4.06. The number of halogens is 2. The van der Waals surface area contributed by atoms with Crippen molar-refractivity contribution < 1.29 is 17.4 Å². The van der Waals surface area contributed by atoms with Crippen LogP contribution in [0.25, 0.3) is 99.7 Å². The molecule has 0 aliphatic heterocycles. The van der Waals surface area contributed by atoms with Crippen molar-refractivity contribution in [2.75, 3.05) is 0 Å². The van der Waals surface area contributed by atoms with Gasteiger partial charge in [0.15, 0.2) is 0 Å². The molecule has 2 saturated carbocycles. The molecule has 2 unspecified atom stereocenters. The van der Waals surface area contributed by atoms with Gasteiger partial charge in [-0.1, -0.05) is 0 Å². The Bertz CT molecular complexity index is 3840. The van der Waals surface area contributed by atoms with Crippen molar-refractivity contribution in [1.29, 1.82) is 0 Å². The summed E-state index contributed by atoms with van der Waals surface area (Å²) in [5.41, 5.74) is 20.9. The summed E-state index contributed by atoms with van der Waals surface area (Å²) in [6.45, 7) is 2.61. The quantitative estimate of drug-likeness (QED) is 0.0946. The zero-order chi connectivity index (χ0) is 52.4. The predicted octanol–water partition coefficient (Wildman–Crippen LogP) is 22.4. The first kappa shape index (κ1) is 55.0. The maximum atomic E-state index is 2.98. The Kier molecular flexibility index (Phi) is 15.5. The van der Waals surface area contributed by atoms with Crippen LogP contribution in [0.3, 0.4) is 0 Å². The van der Waals surface area contributed by atoms with E-state index in [1.807, 2.05) is 0 Å². The van der Waals surface area contributed by atoms with Gasteiger partial charge in [0, 0.05) is 0 Å². The second kappa shape index (κ2) is 22.6. The molecule has 0 bridgehead atoms. The molecule has 2 atom stereocenters. The molecule has 14 rings (SSSR count). The monoisotopic (exact) mass is 1180 g/mol. The molecule has 10 aromatic carbocycles. The summed E-state index contributed by atoms with van der Waals surface area (Å²) in [5.74, 6) is 1.40. The van der Waals surface area contributed by atoms with E-state index in [1.54, 1.807) is 22.3 Å². The summed E-state index contributed by atoms with van der Waals surface area (Å²) in [6, 6.07) is 75.2. The number of allylic oxidation sites excluding steroid dienone is 2. The van der Waals surface area contributed by atoms with E-state index >= 15 is 0 Å². The van der Waals surface area contributed by atoms with Crippen LogP contribution in [0, 0.1) is 11.8 Å². The van der Waals surface area contributed by atoms with Gasteiger partial charge in [-0.2, -0.15) is 0 Å². The van der Waals surface area contributed by atoms with Gasteiger partial charge in [0.1, 0.15) is 0 Å². The third-order valence-corrected chi connectivity index (χ3v) is 37.2. The zero-order valence-electron chi connectivity index (χ0n) is 46.9. The predicted molar refractivity (Wildman–Crippen MR) is 352 cm³/mol. The number of hydrogen-bond acceptors (Lipinski definition) is 0. The molecule has 0 nitrogen and oxygen atoms in total. The first-order chi connectivity index (χ1) is 38.3. The second-order valence-electron chi connectivity index (χ2n) is 25.4. The number of benzene rings is 10. The Morgan fingerprint density at radius 1 is 0.325 bits per heavy atom. The van der Waals surface area contributed by atoms with Gasteiger partial charge in [-0.3, -0.25) is 0 Å². The van der Waals surface area contributed by atoms with Crippen LogP contribution < -0.4 is 0 Å². The molecule has 10 aromatic rings. The SMILES string of the molecule is Cl.Cl.[CH3][Zr]([CH3])(=[SiH2])([CH]1C(CC2CCCCCC2)=Cc2c(-c3cccc4ccccc34)ccc(-c3cccc4ccccc34)c21)[CH]1C(CC2CCCCCC2)=Cc2c(-c3cccc4ccccc34)ccc(-c3cccc4ccccc34)c21. The maximum absolute atomic E-state index is 4.56. The molecule has 4 aliphatic rings. The Balaban J connectivity index is 0.00000318. The van der Waals surface area contributed by atoms with Crippen LogP contribution in [-0.4, -0.2) is 6.88 Å². The van der Waals surface area contributed by atoms with Crippen molar-refractivity contribution in [3.05, 3.63) is 228 Å². The molecule has 80 heavy (non-hydrogen) atoms. The van der Waals surface area contributed by atoms with Gasteiger partial charge in [0.25, 0.3) is 0 Å². The van der Waals surface area contributed by atoms with E-state index in [1.165, 1.54) is 189 Å². The molecule has 0 heterocycles. The van der Waals surface area contributed by atoms with Crippen molar-refractivity contribution in [3.63, 3.8) is 0 Å². The minimum atomic E-state index is -4.56. The van der Waals surface area contributed by atoms with E-state index in [0.29, 0.717) is 19.1 Å². The normalized spacial score (nSPS) is 18.0. The molecule has 0 N–H and O–H groups in total. The summed E-state index contributed by atoms with van der Waals surface area (Å²) in [5, 5.41) is 10.7.